The third-order valence-electron chi connectivity index (χ3n) is 5.07. The van der Waals surface area contributed by atoms with Crippen molar-refractivity contribution in [3.8, 4) is 0 Å². The van der Waals surface area contributed by atoms with Gasteiger partial charge in [-0.3, -0.25) is 19.4 Å². The van der Waals surface area contributed by atoms with E-state index in [-0.39, 0.29) is 11.8 Å². The first kappa shape index (κ1) is 21.0. The molecule has 0 bridgehead atoms. The number of benzene rings is 1. The number of piperazine rings is 1. The van der Waals surface area contributed by atoms with Crippen molar-refractivity contribution in [2.75, 3.05) is 51.1 Å². The largest absolute Gasteiger partial charge is 0.360 e. The van der Waals surface area contributed by atoms with Crippen LogP contribution in [0.25, 0.3) is 0 Å². The van der Waals surface area contributed by atoms with E-state index in [9.17, 15) is 9.59 Å². The van der Waals surface area contributed by atoms with Gasteiger partial charge < -0.3 is 15.2 Å². The standard InChI is InChI=1S/C21H29N5O3/c1-16-5-3-4-6-18(16)7-8-22-20(27)14-25-9-11-26(12-10-25)15-21(28)23-19-13-17(2)29-24-19/h3-6,13H,7-12,14-15H2,1-2H3,(H,22,27)(H,23,24,28). The Kier molecular flexibility index (Phi) is 7.37. The molecule has 2 heterocycles. The van der Waals surface area contributed by atoms with Gasteiger partial charge in [0.1, 0.15) is 5.76 Å². The van der Waals surface area contributed by atoms with E-state index in [0.29, 0.717) is 31.2 Å². The second-order valence-corrected chi connectivity index (χ2v) is 7.45. The Hall–Kier alpha value is -2.71. The number of carbonyl (C=O) groups is 2. The van der Waals surface area contributed by atoms with Crippen LogP contribution >= 0.6 is 0 Å². The molecule has 1 saturated heterocycles. The fraction of sp³-hybridized carbons (Fsp3) is 0.476. The number of aryl methyl sites for hydroxylation is 2. The second kappa shape index (κ2) is 10.2. The van der Waals surface area contributed by atoms with Gasteiger partial charge in [-0.2, -0.15) is 0 Å². The molecule has 2 aromatic rings. The van der Waals surface area contributed by atoms with Crippen LogP contribution in [0.4, 0.5) is 5.82 Å². The zero-order valence-electron chi connectivity index (χ0n) is 17.1. The van der Waals surface area contributed by atoms with Crippen molar-refractivity contribution in [1.82, 2.24) is 20.3 Å². The molecule has 8 heteroatoms. The smallest absolute Gasteiger partial charge is 0.239 e. The van der Waals surface area contributed by atoms with Gasteiger partial charge in [0.05, 0.1) is 13.1 Å². The second-order valence-electron chi connectivity index (χ2n) is 7.45. The van der Waals surface area contributed by atoms with Gasteiger partial charge in [-0.1, -0.05) is 29.4 Å². The summed E-state index contributed by atoms with van der Waals surface area (Å²) >= 11 is 0. The lowest BCUT2D eigenvalue weighted by molar-refractivity contribution is -0.123. The summed E-state index contributed by atoms with van der Waals surface area (Å²) in [5.41, 5.74) is 2.51. The fourth-order valence-electron chi connectivity index (χ4n) is 3.40. The van der Waals surface area contributed by atoms with E-state index in [4.69, 9.17) is 4.52 Å². The van der Waals surface area contributed by atoms with Gasteiger partial charge in [0.15, 0.2) is 5.82 Å². The third-order valence-corrected chi connectivity index (χ3v) is 5.07. The molecule has 0 spiro atoms. The van der Waals surface area contributed by atoms with Crippen molar-refractivity contribution in [1.29, 1.82) is 0 Å². The summed E-state index contributed by atoms with van der Waals surface area (Å²) in [6, 6.07) is 9.92. The molecule has 1 fully saturated rings. The first-order chi connectivity index (χ1) is 14.0. The molecule has 29 heavy (non-hydrogen) atoms. The predicted molar refractivity (Wildman–Crippen MR) is 111 cm³/mol. The van der Waals surface area contributed by atoms with Crippen LogP contribution in [0.2, 0.25) is 0 Å². The SMILES string of the molecule is Cc1cc(NC(=O)CN2CCN(CC(=O)NCCc3ccccc3C)CC2)no1. The van der Waals surface area contributed by atoms with Crippen LogP contribution in [0, 0.1) is 13.8 Å². The molecule has 1 aliphatic heterocycles. The molecule has 1 aromatic heterocycles. The minimum atomic E-state index is -0.110. The van der Waals surface area contributed by atoms with E-state index in [1.54, 1.807) is 13.0 Å². The minimum Gasteiger partial charge on any atom is -0.360 e. The van der Waals surface area contributed by atoms with Crippen molar-refractivity contribution in [3.05, 3.63) is 47.2 Å². The highest BCUT2D eigenvalue weighted by Crippen LogP contribution is 2.08. The van der Waals surface area contributed by atoms with E-state index >= 15 is 0 Å². The predicted octanol–water partition coefficient (Wildman–Crippen LogP) is 1.21. The Morgan fingerprint density at radius 3 is 2.31 bits per heavy atom. The molecule has 0 radical (unpaired) electrons. The first-order valence-corrected chi connectivity index (χ1v) is 9.98. The van der Waals surface area contributed by atoms with E-state index in [2.05, 4.69) is 44.6 Å². The number of hydrogen-bond acceptors (Lipinski definition) is 6. The molecule has 0 unspecified atom stereocenters. The summed E-state index contributed by atoms with van der Waals surface area (Å²) in [5, 5.41) is 9.50. The van der Waals surface area contributed by atoms with Crippen molar-refractivity contribution in [2.45, 2.75) is 20.3 Å². The Labute approximate surface area is 171 Å². The Bertz CT molecular complexity index is 827. The maximum Gasteiger partial charge on any atom is 0.239 e. The van der Waals surface area contributed by atoms with Crippen LogP contribution in [0.3, 0.4) is 0 Å². The summed E-state index contributed by atoms with van der Waals surface area (Å²) in [6.07, 6.45) is 0.840. The highest BCUT2D eigenvalue weighted by atomic mass is 16.5. The third kappa shape index (κ3) is 6.69. The summed E-state index contributed by atoms with van der Waals surface area (Å²) in [6.45, 7) is 8.25. The number of hydrogen-bond donors (Lipinski definition) is 2. The number of amides is 2. The zero-order valence-corrected chi connectivity index (χ0v) is 17.1. The molecule has 2 amide bonds. The lowest BCUT2D eigenvalue weighted by Gasteiger charge is -2.33. The molecular formula is C21H29N5O3. The van der Waals surface area contributed by atoms with Crippen molar-refractivity contribution in [3.63, 3.8) is 0 Å². The van der Waals surface area contributed by atoms with Crippen LogP contribution in [0.5, 0.6) is 0 Å². The normalized spacial score (nSPS) is 15.2. The Balaban J connectivity index is 1.31. The van der Waals surface area contributed by atoms with Crippen molar-refractivity contribution < 1.29 is 14.1 Å². The average Bonchev–Trinajstić information content (AvgIpc) is 3.09. The van der Waals surface area contributed by atoms with Crippen molar-refractivity contribution in [2.24, 2.45) is 0 Å². The Morgan fingerprint density at radius 2 is 1.69 bits per heavy atom. The van der Waals surface area contributed by atoms with Crippen molar-refractivity contribution >= 4 is 17.6 Å². The van der Waals surface area contributed by atoms with Gasteiger partial charge in [-0.25, -0.2) is 0 Å². The molecular weight excluding hydrogens is 370 g/mol. The minimum absolute atomic E-state index is 0.0474. The molecule has 156 valence electrons. The molecule has 0 saturated carbocycles. The summed E-state index contributed by atoms with van der Waals surface area (Å²) < 4.78 is 4.94. The molecule has 0 aliphatic carbocycles. The summed E-state index contributed by atoms with van der Waals surface area (Å²) in [4.78, 5) is 28.5. The van der Waals surface area contributed by atoms with E-state index in [1.165, 1.54) is 11.1 Å². The van der Waals surface area contributed by atoms with E-state index in [1.807, 2.05) is 12.1 Å². The fourth-order valence-corrected chi connectivity index (χ4v) is 3.40. The molecule has 3 rings (SSSR count). The number of rotatable bonds is 8. The van der Waals surface area contributed by atoms with Crippen LogP contribution < -0.4 is 10.6 Å². The number of nitrogens with one attached hydrogen (secondary N) is 2. The van der Waals surface area contributed by atoms with Gasteiger partial charge in [-0.05, 0) is 31.4 Å². The van der Waals surface area contributed by atoms with Crippen LogP contribution in [-0.2, 0) is 16.0 Å². The number of aromatic nitrogens is 1. The quantitative estimate of drug-likeness (QED) is 0.693. The zero-order chi connectivity index (χ0) is 20.6. The number of anilines is 1. The van der Waals surface area contributed by atoms with E-state index < -0.39 is 0 Å². The van der Waals surface area contributed by atoms with Gasteiger partial charge >= 0.3 is 0 Å². The average molecular weight is 399 g/mol. The monoisotopic (exact) mass is 399 g/mol. The van der Waals surface area contributed by atoms with Gasteiger partial charge in [0, 0.05) is 38.8 Å². The van der Waals surface area contributed by atoms with Crippen LogP contribution in [0.15, 0.2) is 34.9 Å². The topological polar surface area (TPSA) is 90.7 Å². The maximum absolute atomic E-state index is 12.2. The first-order valence-electron chi connectivity index (χ1n) is 9.98. The summed E-state index contributed by atoms with van der Waals surface area (Å²) in [5.74, 6) is 1.03. The van der Waals surface area contributed by atoms with Gasteiger partial charge in [-0.15, -0.1) is 0 Å². The maximum atomic E-state index is 12.2. The molecule has 0 atom stereocenters. The lowest BCUT2D eigenvalue weighted by Crippen LogP contribution is -2.51. The highest BCUT2D eigenvalue weighted by molar-refractivity contribution is 5.91. The number of nitrogens with zero attached hydrogens (tertiary/aromatic N) is 3. The molecule has 1 aromatic carbocycles. The molecule has 1 aliphatic rings. The molecule has 2 N–H and O–H groups in total. The van der Waals surface area contributed by atoms with Gasteiger partial charge in [0.2, 0.25) is 11.8 Å². The molecule has 8 nitrogen and oxygen atoms in total. The highest BCUT2D eigenvalue weighted by Gasteiger charge is 2.21. The lowest BCUT2D eigenvalue weighted by atomic mass is 10.1. The Morgan fingerprint density at radius 1 is 1.03 bits per heavy atom. The van der Waals surface area contributed by atoms with E-state index in [0.717, 1.165) is 32.6 Å². The van der Waals surface area contributed by atoms with Gasteiger partial charge in [0.25, 0.3) is 0 Å². The summed E-state index contributed by atoms with van der Waals surface area (Å²) in [7, 11) is 0. The number of carbonyl (C=O) groups excluding carboxylic acids is 2. The van der Waals surface area contributed by atoms with Crippen LogP contribution in [0.1, 0.15) is 16.9 Å². The van der Waals surface area contributed by atoms with Crippen LogP contribution in [-0.4, -0.2) is 72.6 Å².